The first kappa shape index (κ1) is 21.8. The summed E-state index contributed by atoms with van der Waals surface area (Å²) in [6.07, 6.45) is 0.254. The predicted molar refractivity (Wildman–Crippen MR) is 112 cm³/mol. The van der Waals surface area contributed by atoms with Gasteiger partial charge in [-0.3, -0.25) is 4.79 Å². The molecular formula is C22H24N2O5S. The van der Waals surface area contributed by atoms with E-state index in [1.54, 1.807) is 24.3 Å². The van der Waals surface area contributed by atoms with Gasteiger partial charge in [0.2, 0.25) is 10.0 Å². The molecule has 7 nitrogen and oxygen atoms in total. The van der Waals surface area contributed by atoms with Gasteiger partial charge in [-0.25, -0.2) is 13.6 Å². The maximum absolute atomic E-state index is 12.9. The van der Waals surface area contributed by atoms with Gasteiger partial charge in [0.05, 0.1) is 6.54 Å². The Bertz CT molecular complexity index is 1140. The highest BCUT2D eigenvalue weighted by Crippen LogP contribution is 2.28. The number of sulfonamides is 1. The Morgan fingerprint density at radius 3 is 2.17 bits per heavy atom. The lowest BCUT2D eigenvalue weighted by Crippen LogP contribution is -2.42. The van der Waals surface area contributed by atoms with Crippen molar-refractivity contribution in [1.82, 2.24) is 5.32 Å². The van der Waals surface area contributed by atoms with Gasteiger partial charge in [0.15, 0.2) is 0 Å². The van der Waals surface area contributed by atoms with Crippen LogP contribution in [0.4, 0.5) is 0 Å². The monoisotopic (exact) mass is 428 g/mol. The summed E-state index contributed by atoms with van der Waals surface area (Å²) in [5.41, 5.74) is -0.0445. The molecule has 0 bridgehead atoms. The van der Waals surface area contributed by atoms with Crippen molar-refractivity contribution < 1.29 is 22.7 Å². The summed E-state index contributed by atoms with van der Waals surface area (Å²) < 4.78 is 29.2. The molecule has 0 saturated heterocycles. The lowest BCUT2D eigenvalue weighted by atomic mass is 9.87. The Morgan fingerprint density at radius 1 is 1.03 bits per heavy atom. The SMILES string of the molecule is Cc1oc(C)c(S(N)(=O)=O)c1C(=O)NCC(O)(Cc1ccccc1)c1ccccc1. The molecule has 0 fully saturated rings. The standard InChI is InChI=1S/C22H24N2O5S/c1-15-19(20(16(2)29-15)30(23,27)28)21(25)24-14-22(26,18-11-7-4-8-12-18)13-17-9-5-3-6-10-17/h3-12,26H,13-14H2,1-2H3,(H,24,25)(H2,23,27,28). The number of rotatable bonds is 7. The lowest BCUT2D eigenvalue weighted by Gasteiger charge is -2.29. The molecule has 3 rings (SSSR count). The van der Waals surface area contributed by atoms with Crippen LogP contribution in [0.2, 0.25) is 0 Å². The van der Waals surface area contributed by atoms with E-state index in [1.807, 2.05) is 36.4 Å². The molecule has 3 aromatic rings. The van der Waals surface area contributed by atoms with Crippen molar-refractivity contribution in [1.29, 1.82) is 0 Å². The molecule has 0 aliphatic heterocycles. The maximum atomic E-state index is 12.9. The second kappa shape index (κ2) is 8.43. The molecule has 1 aromatic heterocycles. The van der Waals surface area contributed by atoms with Crippen LogP contribution in [0.5, 0.6) is 0 Å². The van der Waals surface area contributed by atoms with Gasteiger partial charge in [0.1, 0.15) is 27.6 Å². The second-order valence-electron chi connectivity index (χ2n) is 7.21. The predicted octanol–water partition coefficient (Wildman–Crippen LogP) is 2.40. The Balaban J connectivity index is 1.91. The topological polar surface area (TPSA) is 123 Å². The van der Waals surface area contributed by atoms with Crippen LogP contribution in [0.15, 0.2) is 70.0 Å². The highest BCUT2D eigenvalue weighted by atomic mass is 32.2. The number of carbonyl (C=O) groups is 1. The fourth-order valence-electron chi connectivity index (χ4n) is 3.53. The summed E-state index contributed by atoms with van der Waals surface area (Å²) in [6, 6.07) is 18.4. The number of hydrogen-bond donors (Lipinski definition) is 3. The summed E-state index contributed by atoms with van der Waals surface area (Å²) in [4.78, 5) is 12.5. The molecule has 2 aromatic carbocycles. The van der Waals surface area contributed by atoms with Crippen molar-refractivity contribution >= 4 is 15.9 Å². The number of primary sulfonamides is 1. The van der Waals surface area contributed by atoms with E-state index in [-0.39, 0.29) is 34.9 Å². The van der Waals surface area contributed by atoms with E-state index < -0.39 is 21.5 Å². The number of hydrogen-bond acceptors (Lipinski definition) is 5. The Kier molecular flexibility index (Phi) is 6.12. The number of nitrogens with one attached hydrogen (secondary N) is 1. The highest BCUT2D eigenvalue weighted by Gasteiger charge is 2.33. The number of furan rings is 1. The second-order valence-corrected chi connectivity index (χ2v) is 8.70. The lowest BCUT2D eigenvalue weighted by molar-refractivity contribution is 0.0352. The number of amides is 1. The molecule has 1 amide bonds. The zero-order valence-corrected chi connectivity index (χ0v) is 17.6. The third-order valence-corrected chi connectivity index (χ3v) is 5.97. The summed E-state index contributed by atoms with van der Waals surface area (Å²) in [7, 11) is -4.16. The van der Waals surface area contributed by atoms with Gasteiger partial charge in [-0.2, -0.15) is 0 Å². The molecular weight excluding hydrogens is 404 g/mol. The smallest absolute Gasteiger partial charge is 0.256 e. The largest absolute Gasteiger partial charge is 0.464 e. The third-order valence-electron chi connectivity index (χ3n) is 4.91. The van der Waals surface area contributed by atoms with Crippen molar-refractivity contribution in [3.05, 3.63) is 88.9 Å². The van der Waals surface area contributed by atoms with Crippen molar-refractivity contribution in [3.63, 3.8) is 0 Å². The van der Waals surface area contributed by atoms with Crippen LogP contribution >= 0.6 is 0 Å². The Morgan fingerprint density at radius 2 is 1.60 bits per heavy atom. The maximum Gasteiger partial charge on any atom is 0.256 e. The van der Waals surface area contributed by atoms with Gasteiger partial charge < -0.3 is 14.8 Å². The number of nitrogens with two attached hydrogens (primary N) is 1. The van der Waals surface area contributed by atoms with Gasteiger partial charge in [0.25, 0.3) is 5.91 Å². The Hall–Kier alpha value is -2.94. The third kappa shape index (κ3) is 4.62. The van der Waals surface area contributed by atoms with Gasteiger partial charge in [-0.05, 0) is 25.0 Å². The van der Waals surface area contributed by atoms with E-state index in [4.69, 9.17) is 9.56 Å². The summed E-state index contributed by atoms with van der Waals surface area (Å²) in [5.74, 6) is -0.501. The summed E-state index contributed by atoms with van der Waals surface area (Å²) >= 11 is 0. The van der Waals surface area contributed by atoms with Crippen molar-refractivity contribution in [2.24, 2.45) is 5.14 Å². The fourth-order valence-corrected chi connectivity index (χ4v) is 4.50. The molecule has 0 radical (unpaired) electrons. The van der Waals surface area contributed by atoms with E-state index in [9.17, 15) is 18.3 Å². The first-order valence-corrected chi connectivity index (χ1v) is 10.9. The zero-order chi connectivity index (χ0) is 21.9. The molecule has 1 atom stereocenters. The number of aryl methyl sites for hydroxylation is 2. The minimum Gasteiger partial charge on any atom is -0.464 e. The minimum atomic E-state index is -4.16. The van der Waals surface area contributed by atoms with Gasteiger partial charge >= 0.3 is 0 Å². The van der Waals surface area contributed by atoms with Crippen molar-refractivity contribution in [2.75, 3.05) is 6.54 Å². The van der Waals surface area contributed by atoms with Gasteiger partial charge in [-0.15, -0.1) is 0 Å². The quantitative estimate of drug-likeness (QED) is 0.533. The molecule has 0 aliphatic carbocycles. The van der Waals surface area contributed by atoms with Crippen LogP contribution in [-0.4, -0.2) is 26.0 Å². The zero-order valence-electron chi connectivity index (χ0n) is 16.8. The van der Waals surface area contributed by atoms with E-state index >= 15 is 0 Å². The fraction of sp³-hybridized carbons (Fsp3) is 0.227. The van der Waals surface area contributed by atoms with Crippen molar-refractivity contribution in [2.45, 2.75) is 30.8 Å². The van der Waals surface area contributed by atoms with Crippen LogP contribution in [0.25, 0.3) is 0 Å². The number of carbonyl (C=O) groups excluding carboxylic acids is 1. The molecule has 8 heteroatoms. The number of benzene rings is 2. The van der Waals surface area contributed by atoms with Crippen LogP contribution < -0.4 is 10.5 Å². The average Bonchev–Trinajstić information content (AvgIpc) is 3.02. The van der Waals surface area contributed by atoms with E-state index in [0.717, 1.165) is 5.56 Å². The van der Waals surface area contributed by atoms with Crippen molar-refractivity contribution in [3.8, 4) is 0 Å². The van der Waals surface area contributed by atoms with Crippen LogP contribution in [0, 0.1) is 13.8 Å². The molecule has 0 spiro atoms. The first-order chi connectivity index (χ1) is 14.1. The van der Waals surface area contributed by atoms with Crippen LogP contribution in [-0.2, 0) is 22.0 Å². The first-order valence-electron chi connectivity index (χ1n) is 9.34. The molecule has 4 N–H and O–H groups in total. The van der Waals surface area contributed by atoms with E-state index in [0.29, 0.717) is 5.56 Å². The number of aliphatic hydroxyl groups is 1. The molecule has 30 heavy (non-hydrogen) atoms. The molecule has 0 saturated carbocycles. The average molecular weight is 429 g/mol. The van der Waals surface area contributed by atoms with Gasteiger partial charge in [-0.1, -0.05) is 60.7 Å². The van der Waals surface area contributed by atoms with Crippen LogP contribution in [0.3, 0.4) is 0 Å². The highest BCUT2D eigenvalue weighted by molar-refractivity contribution is 7.89. The molecule has 0 aliphatic rings. The molecule has 1 heterocycles. The Labute approximate surface area is 175 Å². The summed E-state index contributed by atoms with van der Waals surface area (Å²) in [5, 5.41) is 19.4. The van der Waals surface area contributed by atoms with Crippen LogP contribution in [0.1, 0.15) is 33.0 Å². The van der Waals surface area contributed by atoms with E-state index in [1.165, 1.54) is 13.8 Å². The normalized spacial score (nSPS) is 13.6. The molecule has 1 unspecified atom stereocenters. The van der Waals surface area contributed by atoms with Gasteiger partial charge in [0, 0.05) is 6.42 Å². The van der Waals surface area contributed by atoms with E-state index in [2.05, 4.69) is 5.32 Å². The summed E-state index contributed by atoms with van der Waals surface area (Å²) in [6.45, 7) is 2.78. The minimum absolute atomic E-state index is 0.0442. The molecule has 158 valence electrons.